The molecule has 0 amide bonds. The summed E-state index contributed by atoms with van der Waals surface area (Å²) in [4.78, 5) is 0. The summed E-state index contributed by atoms with van der Waals surface area (Å²) in [5, 5.41) is 6.45. The van der Waals surface area contributed by atoms with Crippen LogP contribution in [0.2, 0.25) is 0 Å². The van der Waals surface area contributed by atoms with Crippen molar-refractivity contribution in [3.8, 4) is 0 Å². The molecule has 20 heavy (non-hydrogen) atoms. The van der Waals surface area contributed by atoms with Crippen LogP contribution in [0.3, 0.4) is 0 Å². The van der Waals surface area contributed by atoms with Crippen LogP contribution >= 0.6 is 0 Å². The Balaban J connectivity index is 1.70. The second-order valence-corrected chi connectivity index (χ2v) is 6.22. The van der Waals surface area contributed by atoms with Gasteiger partial charge in [0.15, 0.2) is 0 Å². The Bertz CT molecular complexity index is 556. The molecule has 0 spiro atoms. The number of hydrogen-bond donors (Lipinski definition) is 1. The topological polar surface area (TPSA) is 12.0 Å². The number of fused-ring (bicyclic) bond motifs is 1. The van der Waals surface area contributed by atoms with Crippen LogP contribution in [0.25, 0.3) is 10.8 Å². The summed E-state index contributed by atoms with van der Waals surface area (Å²) in [6, 6.07) is 16.2. The molecule has 0 bridgehead atoms. The van der Waals surface area contributed by atoms with Crippen LogP contribution in [-0.2, 0) is 6.42 Å². The van der Waals surface area contributed by atoms with Gasteiger partial charge in [-0.15, -0.1) is 0 Å². The van der Waals surface area contributed by atoms with Crippen molar-refractivity contribution in [2.75, 3.05) is 6.54 Å². The monoisotopic (exact) mass is 267 g/mol. The third-order valence-electron chi connectivity index (χ3n) is 4.29. The van der Waals surface area contributed by atoms with E-state index in [0.29, 0.717) is 6.04 Å². The van der Waals surface area contributed by atoms with E-state index < -0.39 is 0 Å². The Kier molecular flexibility index (Phi) is 4.37. The van der Waals surface area contributed by atoms with E-state index in [1.807, 2.05) is 0 Å². The van der Waals surface area contributed by atoms with Crippen LogP contribution in [-0.4, -0.2) is 12.6 Å². The zero-order valence-corrected chi connectivity index (χ0v) is 12.4. The lowest BCUT2D eigenvalue weighted by molar-refractivity contribution is 0.455. The molecule has 0 aliphatic heterocycles. The maximum Gasteiger partial charge on any atom is 0.0110 e. The van der Waals surface area contributed by atoms with Gasteiger partial charge in [0.2, 0.25) is 0 Å². The van der Waals surface area contributed by atoms with E-state index in [2.05, 4.69) is 54.7 Å². The van der Waals surface area contributed by atoms with E-state index in [1.54, 1.807) is 0 Å². The molecule has 1 aliphatic carbocycles. The number of hydrogen-bond acceptors (Lipinski definition) is 1. The van der Waals surface area contributed by atoms with E-state index in [4.69, 9.17) is 0 Å². The van der Waals surface area contributed by atoms with Gasteiger partial charge in [0.05, 0.1) is 0 Å². The molecule has 1 N–H and O–H groups in total. The predicted octanol–water partition coefficient (Wildman–Crippen LogP) is 4.55. The Morgan fingerprint density at radius 3 is 2.65 bits per heavy atom. The van der Waals surface area contributed by atoms with E-state index in [-0.39, 0.29) is 0 Å². The number of rotatable bonds is 7. The first-order valence-corrected chi connectivity index (χ1v) is 8.06. The van der Waals surface area contributed by atoms with Crippen molar-refractivity contribution < 1.29 is 0 Å². The lowest BCUT2D eigenvalue weighted by Crippen LogP contribution is -2.32. The third-order valence-corrected chi connectivity index (χ3v) is 4.29. The minimum atomic E-state index is 0.656. The zero-order valence-electron chi connectivity index (χ0n) is 12.4. The van der Waals surface area contributed by atoms with Gasteiger partial charge in [-0.05, 0) is 48.1 Å². The molecule has 1 aliphatic rings. The molecule has 2 aromatic carbocycles. The summed E-state index contributed by atoms with van der Waals surface area (Å²) in [5.41, 5.74) is 1.47. The summed E-state index contributed by atoms with van der Waals surface area (Å²) in [7, 11) is 0. The van der Waals surface area contributed by atoms with E-state index in [0.717, 1.165) is 12.5 Å². The van der Waals surface area contributed by atoms with Gasteiger partial charge in [0.1, 0.15) is 0 Å². The summed E-state index contributed by atoms with van der Waals surface area (Å²) >= 11 is 0. The average molecular weight is 267 g/mol. The van der Waals surface area contributed by atoms with E-state index in [9.17, 15) is 0 Å². The molecule has 3 rings (SSSR count). The molecule has 0 radical (unpaired) electrons. The normalized spacial score (nSPS) is 16.4. The molecule has 1 fully saturated rings. The van der Waals surface area contributed by atoms with E-state index in [1.165, 1.54) is 48.4 Å². The fourth-order valence-corrected chi connectivity index (χ4v) is 2.99. The van der Waals surface area contributed by atoms with Gasteiger partial charge < -0.3 is 5.32 Å². The Morgan fingerprint density at radius 2 is 1.90 bits per heavy atom. The summed E-state index contributed by atoms with van der Waals surface area (Å²) < 4.78 is 0. The minimum Gasteiger partial charge on any atom is -0.314 e. The van der Waals surface area contributed by atoms with Crippen molar-refractivity contribution in [1.82, 2.24) is 5.32 Å². The molecule has 106 valence electrons. The molecule has 2 aromatic rings. The quantitative estimate of drug-likeness (QED) is 0.776. The first-order valence-electron chi connectivity index (χ1n) is 8.06. The molecular formula is C19H25N. The van der Waals surface area contributed by atoms with Crippen molar-refractivity contribution in [2.24, 2.45) is 5.92 Å². The Hall–Kier alpha value is -1.34. The standard InChI is InChI=1S/C19H25N/c1-2-11-20-19(13-15-7-8-15)14-16-9-10-17-5-3-4-6-18(17)12-16/h3-6,9-10,12,15,19-20H,2,7-8,11,13-14H2,1H3. The SMILES string of the molecule is CCCNC(Cc1ccc2ccccc2c1)CC1CC1. The van der Waals surface area contributed by atoms with Crippen LogP contribution in [0, 0.1) is 5.92 Å². The van der Waals surface area contributed by atoms with Crippen LogP contribution < -0.4 is 5.32 Å². The third kappa shape index (κ3) is 3.61. The molecule has 1 heteroatoms. The van der Waals surface area contributed by atoms with Crippen LogP contribution in [0.5, 0.6) is 0 Å². The number of nitrogens with one attached hydrogen (secondary N) is 1. The van der Waals surface area contributed by atoms with Crippen molar-refractivity contribution in [1.29, 1.82) is 0 Å². The second kappa shape index (κ2) is 6.41. The average Bonchev–Trinajstić information content (AvgIpc) is 3.28. The maximum atomic E-state index is 3.74. The van der Waals surface area contributed by atoms with E-state index >= 15 is 0 Å². The first-order chi connectivity index (χ1) is 9.85. The highest BCUT2D eigenvalue weighted by Crippen LogP contribution is 2.34. The highest BCUT2D eigenvalue weighted by atomic mass is 14.9. The van der Waals surface area contributed by atoms with Gasteiger partial charge in [0.25, 0.3) is 0 Å². The zero-order chi connectivity index (χ0) is 13.8. The molecule has 1 saturated carbocycles. The first kappa shape index (κ1) is 13.6. The highest BCUT2D eigenvalue weighted by molar-refractivity contribution is 5.82. The number of benzene rings is 2. The lowest BCUT2D eigenvalue weighted by atomic mass is 9.98. The van der Waals surface area contributed by atoms with Crippen molar-refractivity contribution in [2.45, 2.75) is 45.1 Å². The van der Waals surface area contributed by atoms with Gasteiger partial charge in [-0.3, -0.25) is 0 Å². The fourth-order valence-electron chi connectivity index (χ4n) is 2.99. The highest BCUT2D eigenvalue weighted by Gasteiger charge is 2.25. The lowest BCUT2D eigenvalue weighted by Gasteiger charge is -2.18. The van der Waals surface area contributed by atoms with Crippen LogP contribution in [0.1, 0.15) is 38.2 Å². The van der Waals surface area contributed by atoms with Crippen LogP contribution in [0.4, 0.5) is 0 Å². The van der Waals surface area contributed by atoms with Crippen molar-refractivity contribution in [3.05, 3.63) is 48.0 Å². The smallest absolute Gasteiger partial charge is 0.0110 e. The van der Waals surface area contributed by atoms with Crippen molar-refractivity contribution in [3.63, 3.8) is 0 Å². The molecular weight excluding hydrogens is 242 g/mol. The predicted molar refractivity (Wildman–Crippen MR) is 87.1 cm³/mol. The molecule has 1 nitrogen and oxygen atoms in total. The summed E-state index contributed by atoms with van der Waals surface area (Å²) in [6.07, 6.45) is 6.64. The van der Waals surface area contributed by atoms with Gasteiger partial charge >= 0.3 is 0 Å². The Morgan fingerprint density at radius 1 is 1.10 bits per heavy atom. The van der Waals surface area contributed by atoms with Gasteiger partial charge in [-0.2, -0.15) is 0 Å². The second-order valence-electron chi connectivity index (χ2n) is 6.22. The molecule has 1 atom stereocenters. The van der Waals surface area contributed by atoms with Gasteiger partial charge in [-0.1, -0.05) is 62.2 Å². The Labute approximate surface area is 122 Å². The summed E-state index contributed by atoms with van der Waals surface area (Å²) in [5.74, 6) is 0.991. The van der Waals surface area contributed by atoms with Crippen molar-refractivity contribution >= 4 is 10.8 Å². The van der Waals surface area contributed by atoms with Gasteiger partial charge in [-0.25, -0.2) is 0 Å². The maximum absolute atomic E-state index is 3.74. The van der Waals surface area contributed by atoms with Gasteiger partial charge in [0, 0.05) is 6.04 Å². The fraction of sp³-hybridized carbons (Fsp3) is 0.474. The summed E-state index contributed by atoms with van der Waals surface area (Å²) in [6.45, 7) is 3.39. The molecule has 0 aromatic heterocycles. The molecule has 1 unspecified atom stereocenters. The molecule has 0 saturated heterocycles. The minimum absolute atomic E-state index is 0.656. The van der Waals surface area contributed by atoms with Crippen LogP contribution in [0.15, 0.2) is 42.5 Å². The molecule has 0 heterocycles. The largest absolute Gasteiger partial charge is 0.314 e.